The monoisotopic (exact) mass is 706 g/mol. The van der Waals surface area contributed by atoms with Crippen LogP contribution in [-0.4, -0.2) is 37.4 Å². The predicted octanol–water partition coefficient (Wildman–Crippen LogP) is 11.8. The largest absolute Gasteiger partial charge is 0.494 e. The first-order valence-electron chi connectivity index (χ1n) is 18.6. The van der Waals surface area contributed by atoms with Gasteiger partial charge < -0.3 is 20.3 Å². The number of benzene rings is 4. The van der Waals surface area contributed by atoms with Gasteiger partial charge in [0.1, 0.15) is 17.8 Å². The number of aliphatic hydroxyl groups is 1. The lowest BCUT2D eigenvalue weighted by Crippen LogP contribution is -1.97. The minimum Gasteiger partial charge on any atom is -0.494 e. The normalized spacial score (nSPS) is 10.5. The van der Waals surface area contributed by atoms with Gasteiger partial charge in [-0.2, -0.15) is 0 Å². The molecule has 0 saturated heterocycles. The van der Waals surface area contributed by atoms with Crippen molar-refractivity contribution < 1.29 is 19.4 Å². The molecule has 0 atom stereocenters. The quantitative estimate of drug-likeness (QED) is 0.0375. The number of carbonyl (C=O) groups is 1. The molecule has 0 heterocycles. The lowest BCUT2D eigenvalue weighted by atomic mass is 10.1. The first kappa shape index (κ1) is 45.1. The molecule has 0 aliphatic rings. The number of aliphatic imine (C=N–C) groups is 1. The van der Waals surface area contributed by atoms with E-state index in [9.17, 15) is 4.79 Å². The van der Waals surface area contributed by atoms with Crippen LogP contribution in [-0.2, 0) is 4.79 Å². The zero-order valence-corrected chi connectivity index (χ0v) is 32.2. The summed E-state index contributed by atoms with van der Waals surface area (Å²) in [5.74, 6) is 1.83. The third-order valence-electron chi connectivity index (χ3n) is 7.37. The summed E-state index contributed by atoms with van der Waals surface area (Å²) in [5, 5.41) is 7.57. The Morgan fingerprint density at radius 3 is 1.44 bits per heavy atom. The number of ether oxygens (including phenoxy) is 2. The van der Waals surface area contributed by atoms with Crippen LogP contribution in [0.3, 0.4) is 0 Å². The first-order valence-corrected chi connectivity index (χ1v) is 18.6. The lowest BCUT2D eigenvalue weighted by Gasteiger charge is -2.05. The van der Waals surface area contributed by atoms with Gasteiger partial charge in [0.25, 0.3) is 0 Å². The minimum absolute atomic E-state index is 0.250. The Kier molecular flexibility index (Phi) is 26.7. The summed E-state index contributed by atoms with van der Waals surface area (Å²) in [6, 6.07) is 31.9. The first-order chi connectivity index (χ1) is 25.3. The van der Waals surface area contributed by atoms with Crippen LogP contribution in [0.2, 0.25) is 0 Å². The van der Waals surface area contributed by atoms with Crippen LogP contribution >= 0.6 is 0 Å². The second-order valence-corrected chi connectivity index (χ2v) is 12.2. The average Bonchev–Trinajstić information content (AvgIpc) is 3.16. The van der Waals surface area contributed by atoms with Crippen molar-refractivity contribution in [1.29, 1.82) is 0 Å². The summed E-state index contributed by atoms with van der Waals surface area (Å²) in [6.07, 6.45) is 19.7. The number of hydrogen-bond acceptors (Lipinski definition) is 6. The van der Waals surface area contributed by atoms with Crippen LogP contribution in [0, 0.1) is 13.8 Å². The summed E-state index contributed by atoms with van der Waals surface area (Å²) in [6.45, 7) is 12.1. The topological polar surface area (TPSA) is 94.1 Å². The Bertz CT molecular complexity index is 1510. The number of nitrogens with zero attached hydrogens (tertiary/aromatic N) is 1. The third-order valence-corrected chi connectivity index (χ3v) is 7.37. The predicted molar refractivity (Wildman–Crippen MR) is 224 cm³/mol. The number of allylic oxidation sites excluding steroid dienone is 2. The van der Waals surface area contributed by atoms with E-state index in [0.717, 1.165) is 60.8 Å². The van der Waals surface area contributed by atoms with Crippen LogP contribution in [0.5, 0.6) is 11.5 Å². The van der Waals surface area contributed by atoms with E-state index in [-0.39, 0.29) is 6.61 Å². The number of nitrogens with two attached hydrogens (primary N) is 1. The maximum atomic E-state index is 9.96. The summed E-state index contributed by atoms with van der Waals surface area (Å²) < 4.78 is 11.3. The Labute approximate surface area is 314 Å². The Morgan fingerprint density at radius 1 is 0.596 bits per heavy atom. The molecule has 4 aromatic carbocycles. The molecule has 0 fully saturated rings. The number of aliphatic hydroxyl groups excluding tert-OH is 1. The molecule has 0 bridgehead atoms. The van der Waals surface area contributed by atoms with E-state index in [2.05, 4.69) is 56.1 Å². The highest BCUT2D eigenvalue weighted by atomic mass is 16.5. The highest BCUT2D eigenvalue weighted by molar-refractivity contribution is 5.80. The molecule has 6 heteroatoms. The second-order valence-electron chi connectivity index (χ2n) is 12.2. The fourth-order valence-electron chi connectivity index (χ4n) is 4.42. The zero-order chi connectivity index (χ0) is 38.1. The van der Waals surface area contributed by atoms with E-state index in [1.807, 2.05) is 92.0 Å². The molecule has 4 aromatic rings. The number of aryl methyl sites for hydroxylation is 2. The average molecular weight is 707 g/mol. The van der Waals surface area contributed by atoms with Crippen LogP contribution in [0.1, 0.15) is 94.4 Å². The van der Waals surface area contributed by atoms with Gasteiger partial charge in [-0.3, -0.25) is 9.79 Å². The van der Waals surface area contributed by atoms with Gasteiger partial charge in [0.05, 0.1) is 18.9 Å². The Hall–Kier alpha value is -4.94. The molecule has 0 aromatic heterocycles. The van der Waals surface area contributed by atoms with E-state index in [0.29, 0.717) is 0 Å². The summed E-state index contributed by atoms with van der Waals surface area (Å²) in [5.41, 5.74) is 12.0. The van der Waals surface area contributed by atoms with Gasteiger partial charge in [-0.05, 0) is 105 Å². The van der Waals surface area contributed by atoms with Crippen molar-refractivity contribution in [3.05, 3.63) is 131 Å². The number of aldehydes is 1. The number of carbonyl (C=O) groups excluding carboxylic acids is 1. The smallest absolute Gasteiger partial charge is 0.142 e. The number of nitrogen functional groups attached to an aromatic ring is 1. The number of rotatable bonds is 17. The summed E-state index contributed by atoms with van der Waals surface area (Å²) in [7, 11) is 0. The molecular formula is C46H62N2O4. The zero-order valence-electron chi connectivity index (χ0n) is 32.2. The van der Waals surface area contributed by atoms with Gasteiger partial charge in [0.15, 0.2) is 0 Å². The van der Waals surface area contributed by atoms with Crippen molar-refractivity contribution in [2.75, 3.05) is 25.6 Å². The van der Waals surface area contributed by atoms with Gasteiger partial charge in [-0.1, -0.05) is 124 Å². The van der Waals surface area contributed by atoms with Crippen LogP contribution < -0.4 is 15.2 Å². The molecule has 52 heavy (non-hydrogen) atoms. The van der Waals surface area contributed by atoms with E-state index >= 15 is 0 Å². The molecule has 6 nitrogen and oxygen atoms in total. The molecule has 0 saturated carbocycles. The van der Waals surface area contributed by atoms with Crippen molar-refractivity contribution in [3.8, 4) is 11.5 Å². The third kappa shape index (κ3) is 24.2. The fourth-order valence-corrected chi connectivity index (χ4v) is 4.42. The van der Waals surface area contributed by atoms with Gasteiger partial charge >= 0.3 is 0 Å². The van der Waals surface area contributed by atoms with Gasteiger partial charge in [0, 0.05) is 18.5 Å². The Balaban J connectivity index is 0.000000408. The van der Waals surface area contributed by atoms with Crippen molar-refractivity contribution >= 4 is 36.0 Å². The lowest BCUT2D eigenvalue weighted by molar-refractivity contribution is -0.104. The van der Waals surface area contributed by atoms with Gasteiger partial charge in [0.2, 0.25) is 0 Å². The summed E-state index contributed by atoms with van der Waals surface area (Å²) >= 11 is 0. The van der Waals surface area contributed by atoms with Crippen LogP contribution in [0.4, 0.5) is 11.4 Å². The maximum Gasteiger partial charge on any atom is 0.142 e. The molecule has 280 valence electrons. The van der Waals surface area contributed by atoms with E-state index in [4.69, 9.17) is 20.3 Å². The Morgan fingerprint density at radius 2 is 1.02 bits per heavy atom. The molecule has 0 amide bonds. The standard InChI is InChI=1S/C22H27NO.C12H19NO.C10H10O.C2H6O/c1-3-4-5-6-18-24-22-15-13-21(14-16-22)23-17-7-8-20-11-9-19(2)10-12-20;1-2-3-4-5-10-14-12-8-6-11(13)7-9-12;1-9-4-6-10(7-5-9)3-2-8-11;1-2-3/h7-17H,3-6,18H2,1-2H3;6-9H,2-5,10,13H2,1H3;2-8H,1H3;3H,2H2,1H3/b8-7+,23-17?;;3-2+;. The maximum absolute atomic E-state index is 9.96. The highest BCUT2D eigenvalue weighted by Crippen LogP contribution is 2.18. The highest BCUT2D eigenvalue weighted by Gasteiger charge is 1.95. The molecule has 0 radical (unpaired) electrons. The van der Waals surface area contributed by atoms with Gasteiger partial charge in [-0.25, -0.2) is 0 Å². The van der Waals surface area contributed by atoms with Crippen molar-refractivity contribution in [2.45, 2.75) is 86.0 Å². The van der Waals surface area contributed by atoms with Crippen molar-refractivity contribution in [1.82, 2.24) is 0 Å². The second kappa shape index (κ2) is 30.8. The molecule has 0 aliphatic heterocycles. The van der Waals surface area contributed by atoms with Crippen LogP contribution in [0.15, 0.2) is 114 Å². The molecule has 0 unspecified atom stereocenters. The van der Waals surface area contributed by atoms with E-state index in [1.165, 1.54) is 61.3 Å². The SMILES string of the molecule is CCCCCCOc1ccc(N)cc1.CCCCCCOc1ccc(N=C/C=C/c2ccc(C)cc2)cc1.CCO.Cc1ccc(/C=C/C=O)cc1. The molecular weight excluding hydrogens is 645 g/mol. The van der Waals surface area contributed by atoms with Crippen molar-refractivity contribution in [2.24, 2.45) is 4.99 Å². The number of anilines is 1. The molecule has 0 spiro atoms. The molecule has 0 aliphatic carbocycles. The van der Waals surface area contributed by atoms with Crippen LogP contribution in [0.25, 0.3) is 12.2 Å². The minimum atomic E-state index is 0.250. The fraction of sp³-hybridized carbons (Fsp3) is 0.348. The molecule has 3 N–H and O–H groups in total. The summed E-state index contributed by atoms with van der Waals surface area (Å²) in [4.78, 5) is 14.4. The number of hydrogen-bond donors (Lipinski definition) is 2. The van der Waals surface area contributed by atoms with Crippen molar-refractivity contribution in [3.63, 3.8) is 0 Å². The van der Waals surface area contributed by atoms with Gasteiger partial charge in [-0.15, -0.1) is 0 Å². The molecule has 4 rings (SSSR count). The van der Waals surface area contributed by atoms with E-state index < -0.39 is 0 Å². The number of unbranched alkanes of at least 4 members (excludes halogenated alkanes) is 6. The van der Waals surface area contributed by atoms with E-state index in [1.54, 1.807) is 13.0 Å².